The van der Waals surface area contributed by atoms with Gasteiger partial charge in [0.25, 0.3) is 5.91 Å². The summed E-state index contributed by atoms with van der Waals surface area (Å²) in [7, 11) is -3.56. The fraction of sp³-hybridized carbons (Fsp3) is 0.650. The third kappa shape index (κ3) is 7.35. The molecule has 1 fully saturated rings. The summed E-state index contributed by atoms with van der Waals surface area (Å²) in [5, 5.41) is 3.46. The summed E-state index contributed by atoms with van der Waals surface area (Å²) in [4.78, 5) is 14.2. The van der Waals surface area contributed by atoms with Crippen LogP contribution in [0.4, 0.5) is 0 Å². The Balaban J connectivity index is 0.00000392. The van der Waals surface area contributed by atoms with Gasteiger partial charge in [-0.25, -0.2) is 13.1 Å². The first-order chi connectivity index (χ1) is 13.0. The zero-order chi connectivity index (χ0) is 19.7. The lowest BCUT2D eigenvalue weighted by Gasteiger charge is -2.18. The Labute approximate surface area is 175 Å². The summed E-state index contributed by atoms with van der Waals surface area (Å²) in [5.41, 5.74) is 0.507. The van der Waals surface area contributed by atoms with E-state index in [4.69, 9.17) is 0 Å². The van der Waals surface area contributed by atoms with Crippen LogP contribution in [-0.4, -0.2) is 51.4 Å². The second-order valence-corrected chi connectivity index (χ2v) is 8.81. The first-order valence-electron chi connectivity index (χ1n) is 10.1. The van der Waals surface area contributed by atoms with Gasteiger partial charge in [0.15, 0.2) is 0 Å². The quantitative estimate of drug-likeness (QED) is 0.465. The van der Waals surface area contributed by atoms with Crippen molar-refractivity contribution in [3.8, 4) is 0 Å². The summed E-state index contributed by atoms with van der Waals surface area (Å²) in [6.45, 7) is 6.09. The van der Waals surface area contributed by atoms with Crippen LogP contribution in [0.1, 0.15) is 62.7 Å². The van der Waals surface area contributed by atoms with E-state index in [-0.39, 0.29) is 23.2 Å². The lowest BCUT2D eigenvalue weighted by molar-refractivity contribution is 0.0773. The molecule has 0 atom stereocenters. The van der Waals surface area contributed by atoms with Crippen molar-refractivity contribution in [1.82, 2.24) is 14.9 Å². The predicted octanol–water partition coefficient (Wildman–Crippen LogP) is 3.18. The Morgan fingerprint density at radius 2 is 1.57 bits per heavy atom. The number of benzene rings is 1. The van der Waals surface area contributed by atoms with E-state index in [0.29, 0.717) is 37.8 Å². The second kappa shape index (κ2) is 12.4. The van der Waals surface area contributed by atoms with E-state index in [1.165, 1.54) is 50.7 Å². The van der Waals surface area contributed by atoms with Gasteiger partial charge in [-0.2, -0.15) is 0 Å². The molecule has 1 aromatic carbocycles. The molecule has 1 aliphatic rings. The molecule has 1 saturated carbocycles. The van der Waals surface area contributed by atoms with Crippen LogP contribution in [0.2, 0.25) is 0 Å². The van der Waals surface area contributed by atoms with E-state index in [1.807, 2.05) is 13.8 Å². The number of sulfonamides is 1. The van der Waals surface area contributed by atoms with Crippen molar-refractivity contribution in [2.24, 2.45) is 0 Å². The minimum atomic E-state index is -3.56. The number of halogens is 1. The van der Waals surface area contributed by atoms with Gasteiger partial charge in [-0.3, -0.25) is 4.79 Å². The maximum atomic E-state index is 12.4. The molecule has 0 aromatic heterocycles. The Morgan fingerprint density at radius 3 is 2.11 bits per heavy atom. The molecule has 2 rings (SSSR count). The zero-order valence-electron chi connectivity index (χ0n) is 16.9. The fourth-order valence-corrected chi connectivity index (χ4v) is 4.53. The van der Waals surface area contributed by atoms with Gasteiger partial charge < -0.3 is 10.2 Å². The SMILES string of the molecule is CCN(CC)C(=O)c1ccc(S(=O)(=O)NCCNC2CCCCCC2)cc1.Cl. The average molecular weight is 432 g/mol. The largest absolute Gasteiger partial charge is 0.339 e. The summed E-state index contributed by atoms with van der Waals surface area (Å²) in [5.74, 6) is -0.0792. The third-order valence-electron chi connectivity index (χ3n) is 5.17. The van der Waals surface area contributed by atoms with Crippen molar-refractivity contribution < 1.29 is 13.2 Å². The zero-order valence-corrected chi connectivity index (χ0v) is 18.6. The smallest absolute Gasteiger partial charge is 0.253 e. The Morgan fingerprint density at radius 1 is 1.00 bits per heavy atom. The molecule has 0 radical (unpaired) electrons. The molecule has 160 valence electrons. The van der Waals surface area contributed by atoms with Gasteiger partial charge in [0.05, 0.1) is 4.90 Å². The van der Waals surface area contributed by atoms with Gasteiger partial charge in [-0.15, -0.1) is 12.4 Å². The third-order valence-corrected chi connectivity index (χ3v) is 6.64. The van der Waals surface area contributed by atoms with Crippen molar-refractivity contribution in [2.75, 3.05) is 26.2 Å². The monoisotopic (exact) mass is 431 g/mol. The molecule has 0 spiro atoms. The lowest BCUT2D eigenvalue weighted by atomic mass is 10.1. The predicted molar refractivity (Wildman–Crippen MR) is 116 cm³/mol. The molecular formula is C20H34ClN3O3S. The molecule has 1 amide bonds. The molecule has 0 aliphatic heterocycles. The van der Waals surface area contributed by atoms with Crippen LogP contribution in [0.15, 0.2) is 29.2 Å². The highest BCUT2D eigenvalue weighted by atomic mass is 35.5. The molecule has 0 saturated heterocycles. The van der Waals surface area contributed by atoms with Gasteiger partial charge in [-0.1, -0.05) is 25.7 Å². The van der Waals surface area contributed by atoms with Crippen LogP contribution >= 0.6 is 12.4 Å². The van der Waals surface area contributed by atoms with Crippen LogP contribution < -0.4 is 10.0 Å². The molecule has 6 nitrogen and oxygen atoms in total. The van der Waals surface area contributed by atoms with Crippen LogP contribution in [0.25, 0.3) is 0 Å². The Hall–Kier alpha value is -1.15. The number of carbonyl (C=O) groups is 1. The second-order valence-electron chi connectivity index (χ2n) is 7.04. The van der Waals surface area contributed by atoms with Gasteiger partial charge in [0, 0.05) is 37.8 Å². The number of hydrogen-bond acceptors (Lipinski definition) is 4. The highest BCUT2D eigenvalue weighted by Gasteiger charge is 2.17. The van der Waals surface area contributed by atoms with Crippen LogP contribution in [0, 0.1) is 0 Å². The van der Waals surface area contributed by atoms with Gasteiger partial charge in [0.2, 0.25) is 10.0 Å². The van der Waals surface area contributed by atoms with E-state index >= 15 is 0 Å². The van der Waals surface area contributed by atoms with Crippen LogP contribution in [0.5, 0.6) is 0 Å². The lowest BCUT2D eigenvalue weighted by Crippen LogP contribution is -2.36. The van der Waals surface area contributed by atoms with Crippen LogP contribution in [0.3, 0.4) is 0 Å². The summed E-state index contributed by atoms with van der Waals surface area (Å²) in [6, 6.07) is 6.66. The summed E-state index contributed by atoms with van der Waals surface area (Å²) >= 11 is 0. The van der Waals surface area contributed by atoms with Gasteiger partial charge in [-0.05, 0) is 51.0 Å². The minimum absolute atomic E-state index is 0. The normalized spacial score (nSPS) is 15.5. The number of nitrogens with one attached hydrogen (secondary N) is 2. The minimum Gasteiger partial charge on any atom is -0.339 e. The molecule has 28 heavy (non-hydrogen) atoms. The average Bonchev–Trinajstić information content (AvgIpc) is 2.95. The van der Waals surface area contributed by atoms with Crippen molar-refractivity contribution in [3.05, 3.63) is 29.8 Å². The molecule has 0 heterocycles. The van der Waals surface area contributed by atoms with Gasteiger partial charge >= 0.3 is 0 Å². The molecule has 1 aromatic rings. The van der Waals surface area contributed by atoms with Crippen molar-refractivity contribution in [3.63, 3.8) is 0 Å². The van der Waals surface area contributed by atoms with E-state index < -0.39 is 10.0 Å². The van der Waals surface area contributed by atoms with Crippen molar-refractivity contribution in [1.29, 1.82) is 0 Å². The summed E-state index contributed by atoms with van der Waals surface area (Å²) < 4.78 is 27.5. The number of rotatable bonds is 9. The van der Waals surface area contributed by atoms with Crippen LogP contribution in [-0.2, 0) is 10.0 Å². The molecule has 8 heteroatoms. The standard InChI is InChI=1S/C20H33N3O3S.ClH/c1-3-23(4-2)20(24)17-11-13-19(14-12-17)27(25,26)22-16-15-21-18-9-7-5-6-8-10-18;/h11-14,18,21-22H,3-10,15-16H2,1-2H3;1H. The van der Waals surface area contributed by atoms with E-state index in [0.717, 1.165) is 0 Å². The molecule has 1 aliphatic carbocycles. The van der Waals surface area contributed by atoms with Crippen molar-refractivity contribution in [2.45, 2.75) is 63.3 Å². The van der Waals surface area contributed by atoms with E-state index in [1.54, 1.807) is 17.0 Å². The molecule has 0 unspecified atom stereocenters. The number of hydrogen-bond donors (Lipinski definition) is 2. The number of carbonyl (C=O) groups excluding carboxylic acids is 1. The number of nitrogens with zero attached hydrogens (tertiary/aromatic N) is 1. The molecule has 2 N–H and O–H groups in total. The van der Waals surface area contributed by atoms with E-state index in [2.05, 4.69) is 10.0 Å². The highest BCUT2D eigenvalue weighted by molar-refractivity contribution is 7.89. The molecule has 0 bridgehead atoms. The fourth-order valence-electron chi connectivity index (χ4n) is 3.50. The maximum absolute atomic E-state index is 12.4. The highest BCUT2D eigenvalue weighted by Crippen LogP contribution is 2.17. The first kappa shape index (κ1) is 24.9. The maximum Gasteiger partial charge on any atom is 0.253 e. The first-order valence-corrected chi connectivity index (χ1v) is 11.6. The number of amides is 1. The van der Waals surface area contributed by atoms with Gasteiger partial charge in [0.1, 0.15) is 0 Å². The topological polar surface area (TPSA) is 78.5 Å². The Bertz CT molecular complexity index is 683. The van der Waals surface area contributed by atoms with Crippen molar-refractivity contribution >= 4 is 28.3 Å². The van der Waals surface area contributed by atoms with E-state index in [9.17, 15) is 13.2 Å². The molecular weight excluding hydrogens is 398 g/mol. The Kier molecular flexibility index (Phi) is 11.0. The summed E-state index contributed by atoms with van der Waals surface area (Å²) in [6.07, 6.45) is 7.46.